The summed E-state index contributed by atoms with van der Waals surface area (Å²) in [6, 6.07) is 0.318. The van der Waals surface area contributed by atoms with E-state index >= 15 is 0 Å². The predicted octanol–water partition coefficient (Wildman–Crippen LogP) is 1.93. The normalized spacial score (nSPS) is 16.0. The van der Waals surface area contributed by atoms with Gasteiger partial charge in [-0.05, 0) is 19.4 Å². The van der Waals surface area contributed by atoms with Gasteiger partial charge in [0.15, 0.2) is 0 Å². The van der Waals surface area contributed by atoms with Gasteiger partial charge in [0.25, 0.3) is 0 Å². The Kier molecular flexibility index (Phi) is 8.50. The fourth-order valence-corrected chi connectivity index (χ4v) is 3.08. The van der Waals surface area contributed by atoms with Gasteiger partial charge in [-0.1, -0.05) is 20.8 Å². The summed E-state index contributed by atoms with van der Waals surface area (Å²) in [7, 11) is -2.83. The van der Waals surface area contributed by atoms with Crippen molar-refractivity contribution in [1.82, 2.24) is 5.32 Å². The van der Waals surface area contributed by atoms with Gasteiger partial charge in [-0.2, -0.15) is 11.8 Å². The molecule has 0 saturated heterocycles. The first-order valence-corrected chi connectivity index (χ1v) is 9.02. The van der Waals surface area contributed by atoms with Gasteiger partial charge in [0.2, 0.25) is 0 Å². The summed E-state index contributed by atoms with van der Waals surface area (Å²) in [5.41, 5.74) is 0. The maximum absolute atomic E-state index is 11.1. The van der Waals surface area contributed by atoms with Crippen LogP contribution in [-0.4, -0.2) is 44.0 Å². The van der Waals surface area contributed by atoms with Crippen LogP contribution in [-0.2, 0) is 9.84 Å². The van der Waals surface area contributed by atoms with E-state index in [2.05, 4.69) is 26.1 Å². The fraction of sp³-hybridized carbons (Fsp3) is 1.00. The molecule has 3 nitrogen and oxygen atoms in total. The molecule has 0 fully saturated rings. The van der Waals surface area contributed by atoms with Gasteiger partial charge in [0.1, 0.15) is 9.84 Å². The molecule has 0 rings (SSSR count). The Balaban J connectivity index is 3.97. The van der Waals surface area contributed by atoms with Crippen LogP contribution in [0.4, 0.5) is 0 Å². The van der Waals surface area contributed by atoms with Crippen molar-refractivity contribution in [3.05, 3.63) is 0 Å². The van der Waals surface area contributed by atoms with E-state index in [1.807, 2.05) is 11.8 Å². The van der Waals surface area contributed by atoms with E-state index in [1.54, 1.807) is 0 Å². The van der Waals surface area contributed by atoms with Crippen molar-refractivity contribution in [2.45, 2.75) is 44.9 Å². The number of hydrogen-bond acceptors (Lipinski definition) is 4. The maximum Gasteiger partial charge on any atom is 0.147 e. The number of rotatable bonds is 9. The summed E-state index contributed by atoms with van der Waals surface area (Å²) in [6.45, 7) is 7.34. The molecular weight excluding hydrogens is 242 g/mol. The van der Waals surface area contributed by atoms with E-state index in [9.17, 15) is 8.42 Å². The topological polar surface area (TPSA) is 46.2 Å². The summed E-state index contributed by atoms with van der Waals surface area (Å²) >= 11 is 1.92. The Morgan fingerprint density at radius 2 is 1.94 bits per heavy atom. The third-order valence-electron chi connectivity index (χ3n) is 2.49. The van der Waals surface area contributed by atoms with Gasteiger partial charge in [-0.25, -0.2) is 8.42 Å². The zero-order valence-electron chi connectivity index (χ0n) is 10.8. The summed E-state index contributed by atoms with van der Waals surface area (Å²) in [5.74, 6) is 1.28. The molecule has 98 valence electrons. The highest BCUT2D eigenvalue weighted by Gasteiger charge is 2.12. The molecule has 0 aliphatic carbocycles. The standard InChI is InChI=1S/C11H25NO2S2/c1-5-10(3)15-9-11(12-6-2)7-8-16(4,13)14/h10-12H,5-9H2,1-4H3. The molecule has 16 heavy (non-hydrogen) atoms. The first-order valence-electron chi connectivity index (χ1n) is 5.91. The summed E-state index contributed by atoms with van der Waals surface area (Å²) < 4.78 is 22.2. The lowest BCUT2D eigenvalue weighted by Gasteiger charge is -2.19. The van der Waals surface area contributed by atoms with Crippen molar-refractivity contribution in [2.24, 2.45) is 0 Å². The van der Waals surface area contributed by atoms with Gasteiger partial charge in [0.05, 0.1) is 5.75 Å². The van der Waals surface area contributed by atoms with Gasteiger partial charge in [0, 0.05) is 23.3 Å². The molecule has 0 aromatic rings. The lowest BCUT2D eigenvalue weighted by molar-refractivity contribution is 0.548. The van der Waals surface area contributed by atoms with Crippen molar-refractivity contribution in [3.8, 4) is 0 Å². The Morgan fingerprint density at radius 3 is 2.38 bits per heavy atom. The largest absolute Gasteiger partial charge is 0.313 e. The molecule has 0 aromatic heterocycles. The second-order valence-corrected chi connectivity index (χ2v) is 7.96. The molecule has 0 amide bonds. The number of thioether (sulfide) groups is 1. The summed E-state index contributed by atoms with van der Waals surface area (Å²) in [4.78, 5) is 0. The average Bonchev–Trinajstić information content (AvgIpc) is 2.20. The van der Waals surface area contributed by atoms with Gasteiger partial charge in [-0.15, -0.1) is 0 Å². The zero-order chi connectivity index (χ0) is 12.6. The van der Waals surface area contributed by atoms with Crippen LogP contribution in [0.5, 0.6) is 0 Å². The molecule has 0 heterocycles. The predicted molar refractivity (Wildman–Crippen MR) is 74.0 cm³/mol. The molecule has 5 heteroatoms. The SMILES string of the molecule is CCNC(CCS(C)(=O)=O)CSC(C)CC. The van der Waals surface area contributed by atoms with Crippen molar-refractivity contribution >= 4 is 21.6 Å². The lowest BCUT2D eigenvalue weighted by Crippen LogP contribution is -2.33. The average molecular weight is 267 g/mol. The quantitative estimate of drug-likeness (QED) is 0.693. The van der Waals surface area contributed by atoms with E-state index in [0.717, 1.165) is 25.1 Å². The summed E-state index contributed by atoms with van der Waals surface area (Å²) in [6.07, 6.45) is 3.18. The molecule has 1 N–H and O–H groups in total. The Morgan fingerprint density at radius 1 is 1.31 bits per heavy atom. The minimum Gasteiger partial charge on any atom is -0.313 e. The minimum atomic E-state index is -2.83. The fourth-order valence-electron chi connectivity index (χ4n) is 1.29. The van der Waals surface area contributed by atoms with Crippen LogP contribution >= 0.6 is 11.8 Å². The molecule has 0 aromatic carbocycles. The van der Waals surface area contributed by atoms with Crippen LogP contribution in [0.2, 0.25) is 0 Å². The van der Waals surface area contributed by atoms with Crippen LogP contribution in [0.3, 0.4) is 0 Å². The van der Waals surface area contributed by atoms with E-state index in [-0.39, 0.29) is 5.75 Å². The number of sulfone groups is 1. The second kappa shape index (κ2) is 8.37. The van der Waals surface area contributed by atoms with Gasteiger partial charge < -0.3 is 5.32 Å². The molecule has 2 unspecified atom stereocenters. The zero-order valence-corrected chi connectivity index (χ0v) is 12.5. The van der Waals surface area contributed by atoms with Crippen molar-refractivity contribution in [3.63, 3.8) is 0 Å². The first kappa shape index (κ1) is 16.3. The van der Waals surface area contributed by atoms with Crippen molar-refractivity contribution in [2.75, 3.05) is 24.3 Å². The highest BCUT2D eigenvalue weighted by atomic mass is 32.2. The highest BCUT2D eigenvalue weighted by Crippen LogP contribution is 2.16. The molecular formula is C11H25NO2S2. The number of nitrogens with one attached hydrogen (secondary N) is 1. The third kappa shape index (κ3) is 9.48. The van der Waals surface area contributed by atoms with Gasteiger partial charge in [-0.3, -0.25) is 0 Å². The molecule has 2 atom stereocenters. The van der Waals surface area contributed by atoms with Gasteiger partial charge >= 0.3 is 0 Å². The smallest absolute Gasteiger partial charge is 0.147 e. The molecule has 0 spiro atoms. The Labute approximate surface area is 105 Å². The minimum absolute atomic E-state index is 0.283. The van der Waals surface area contributed by atoms with E-state index in [1.165, 1.54) is 6.26 Å². The van der Waals surface area contributed by atoms with Crippen LogP contribution in [0.15, 0.2) is 0 Å². The second-order valence-electron chi connectivity index (χ2n) is 4.23. The lowest BCUT2D eigenvalue weighted by atomic mass is 10.2. The van der Waals surface area contributed by atoms with E-state index < -0.39 is 9.84 Å². The third-order valence-corrected chi connectivity index (χ3v) is 4.96. The maximum atomic E-state index is 11.1. The van der Waals surface area contributed by atoms with E-state index in [4.69, 9.17) is 0 Å². The van der Waals surface area contributed by atoms with Crippen LogP contribution in [0.1, 0.15) is 33.6 Å². The van der Waals surface area contributed by atoms with E-state index in [0.29, 0.717) is 11.3 Å². The highest BCUT2D eigenvalue weighted by molar-refractivity contribution is 7.99. The molecule has 0 aliphatic heterocycles. The van der Waals surface area contributed by atoms with Crippen LogP contribution in [0.25, 0.3) is 0 Å². The molecule has 0 radical (unpaired) electrons. The Hall–Kier alpha value is 0.260. The van der Waals surface area contributed by atoms with Crippen LogP contribution in [0, 0.1) is 0 Å². The molecule has 0 bridgehead atoms. The molecule has 0 aliphatic rings. The monoisotopic (exact) mass is 267 g/mol. The van der Waals surface area contributed by atoms with Crippen molar-refractivity contribution in [1.29, 1.82) is 0 Å². The Bertz CT molecular complexity index is 265. The molecule has 0 saturated carbocycles. The first-order chi connectivity index (χ1) is 7.39. The van der Waals surface area contributed by atoms with Crippen molar-refractivity contribution < 1.29 is 8.42 Å². The summed E-state index contributed by atoms with van der Waals surface area (Å²) in [5, 5.41) is 4.00. The van der Waals surface area contributed by atoms with Crippen LogP contribution < -0.4 is 5.32 Å². The number of hydrogen-bond donors (Lipinski definition) is 1.